The number of amides is 1. The SMILES string of the molecule is NC1C2CCC(C2)C1C(=O)NCc1cnn(-c2ccccc2)c1. The largest absolute Gasteiger partial charge is 0.352 e. The van der Waals surface area contributed by atoms with Crippen LogP contribution in [-0.4, -0.2) is 21.7 Å². The number of hydrogen-bond acceptors (Lipinski definition) is 3. The van der Waals surface area contributed by atoms with E-state index in [4.69, 9.17) is 5.73 Å². The predicted octanol–water partition coefficient (Wildman–Crippen LogP) is 1.86. The first kappa shape index (κ1) is 14.5. The fourth-order valence-corrected chi connectivity index (χ4v) is 4.21. The lowest BCUT2D eigenvalue weighted by Gasteiger charge is -2.26. The number of para-hydroxylation sites is 1. The minimum Gasteiger partial charge on any atom is -0.352 e. The molecule has 0 aliphatic heterocycles. The van der Waals surface area contributed by atoms with E-state index in [0.717, 1.165) is 24.1 Å². The average Bonchev–Trinajstić information content (AvgIpc) is 3.29. The van der Waals surface area contributed by atoms with Crippen molar-refractivity contribution in [3.63, 3.8) is 0 Å². The van der Waals surface area contributed by atoms with Crippen LogP contribution in [0.3, 0.4) is 0 Å². The lowest BCUT2D eigenvalue weighted by molar-refractivity contribution is -0.127. The second kappa shape index (κ2) is 5.81. The highest BCUT2D eigenvalue weighted by Gasteiger charge is 2.48. The van der Waals surface area contributed by atoms with Gasteiger partial charge in [-0.1, -0.05) is 18.2 Å². The molecule has 0 radical (unpaired) electrons. The number of fused-ring (bicyclic) bond motifs is 2. The smallest absolute Gasteiger partial charge is 0.225 e. The molecule has 2 bridgehead atoms. The Kier molecular flexibility index (Phi) is 3.65. The van der Waals surface area contributed by atoms with Crippen molar-refractivity contribution in [3.05, 3.63) is 48.3 Å². The highest BCUT2D eigenvalue weighted by molar-refractivity contribution is 5.80. The standard InChI is InChI=1S/C18H22N4O/c19-17-14-7-6-13(8-14)16(17)18(23)20-9-12-10-21-22(11-12)15-4-2-1-3-5-15/h1-5,10-11,13-14,16-17H,6-9,19H2,(H,20,23). The number of rotatable bonds is 4. The molecule has 2 aromatic rings. The molecule has 2 fully saturated rings. The van der Waals surface area contributed by atoms with E-state index in [0.29, 0.717) is 18.4 Å². The number of hydrogen-bond donors (Lipinski definition) is 2. The number of nitrogens with one attached hydrogen (secondary N) is 1. The third-order valence-corrected chi connectivity index (χ3v) is 5.41. The van der Waals surface area contributed by atoms with E-state index < -0.39 is 0 Å². The second-order valence-corrected chi connectivity index (χ2v) is 6.78. The fraction of sp³-hybridized carbons (Fsp3) is 0.444. The first-order valence-electron chi connectivity index (χ1n) is 8.34. The summed E-state index contributed by atoms with van der Waals surface area (Å²) in [6.45, 7) is 0.506. The molecule has 5 nitrogen and oxygen atoms in total. The molecule has 0 saturated heterocycles. The van der Waals surface area contributed by atoms with Crippen LogP contribution in [0.15, 0.2) is 42.7 Å². The monoisotopic (exact) mass is 310 g/mol. The summed E-state index contributed by atoms with van der Waals surface area (Å²) >= 11 is 0. The van der Waals surface area contributed by atoms with Gasteiger partial charge in [0.05, 0.1) is 17.8 Å². The fourth-order valence-electron chi connectivity index (χ4n) is 4.21. The van der Waals surface area contributed by atoms with E-state index in [1.807, 2.05) is 41.2 Å². The Hall–Kier alpha value is -2.14. The molecule has 120 valence electrons. The maximum Gasteiger partial charge on any atom is 0.225 e. The van der Waals surface area contributed by atoms with E-state index >= 15 is 0 Å². The van der Waals surface area contributed by atoms with Crippen LogP contribution in [0.5, 0.6) is 0 Å². The zero-order valence-corrected chi connectivity index (χ0v) is 13.1. The number of carbonyl (C=O) groups excluding carboxylic acids is 1. The third kappa shape index (κ3) is 2.65. The summed E-state index contributed by atoms with van der Waals surface area (Å²) in [6.07, 6.45) is 7.23. The summed E-state index contributed by atoms with van der Waals surface area (Å²) in [5.74, 6) is 1.15. The van der Waals surface area contributed by atoms with Crippen molar-refractivity contribution < 1.29 is 4.79 Å². The van der Waals surface area contributed by atoms with Crippen molar-refractivity contribution in [3.8, 4) is 5.69 Å². The lowest BCUT2D eigenvalue weighted by Crippen LogP contribution is -2.45. The van der Waals surface area contributed by atoms with E-state index in [9.17, 15) is 4.79 Å². The number of nitrogens with zero attached hydrogens (tertiary/aromatic N) is 2. The third-order valence-electron chi connectivity index (χ3n) is 5.41. The molecule has 0 spiro atoms. The van der Waals surface area contributed by atoms with Gasteiger partial charge in [-0.25, -0.2) is 4.68 Å². The molecule has 2 aliphatic rings. The summed E-state index contributed by atoms with van der Waals surface area (Å²) in [6, 6.07) is 9.99. The Labute approximate surface area is 135 Å². The number of benzene rings is 1. The Morgan fingerprint density at radius 3 is 2.78 bits per heavy atom. The molecule has 4 unspecified atom stereocenters. The molecule has 1 amide bonds. The van der Waals surface area contributed by atoms with E-state index in [-0.39, 0.29) is 17.9 Å². The van der Waals surface area contributed by atoms with Crippen molar-refractivity contribution in [1.82, 2.24) is 15.1 Å². The highest BCUT2D eigenvalue weighted by atomic mass is 16.1. The van der Waals surface area contributed by atoms with Gasteiger partial charge in [-0.15, -0.1) is 0 Å². The van der Waals surface area contributed by atoms with Crippen molar-refractivity contribution in [2.24, 2.45) is 23.5 Å². The maximum atomic E-state index is 12.5. The van der Waals surface area contributed by atoms with Crippen molar-refractivity contribution in [2.75, 3.05) is 0 Å². The van der Waals surface area contributed by atoms with Crippen LogP contribution in [0.25, 0.3) is 5.69 Å². The summed E-state index contributed by atoms with van der Waals surface area (Å²) in [4.78, 5) is 12.5. The first-order chi connectivity index (χ1) is 11.2. The Bertz CT molecular complexity index is 694. The Balaban J connectivity index is 1.38. The molecular formula is C18H22N4O. The predicted molar refractivity (Wildman–Crippen MR) is 87.7 cm³/mol. The zero-order valence-electron chi connectivity index (χ0n) is 13.1. The van der Waals surface area contributed by atoms with Crippen LogP contribution in [-0.2, 0) is 11.3 Å². The lowest BCUT2D eigenvalue weighted by atomic mass is 9.84. The van der Waals surface area contributed by atoms with Gasteiger partial charge in [0.2, 0.25) is 5.91 Å². The minimum absolute atomic E-state index is 0.00193. The Morgan fingerprint density at radius 1 is 1.26 bits per heavy atom. The zero-order chi connectivity index (χ0) is 15.8. The number of aromatic nitrogens is 2. The maximum absolute atomic E-state index is 12.5. The van der Waals surface area contributed by atoms with Gasteiger partial charge in [-0.05, 0) is 43.2 Å². The van der Waals surface area contributed by atoms with Crippen molar-refractivity contribution in [2.45, 2.75) is 31.8 Å². The van der Waals surface area contributed by atoms with Gasteiger partial charge >= 0.3 is 0 Å². The molecule has 4 atom stereocenters. The normalized spacial score (nSPS) is 28.9. The van der Waals surface area contributed by atoms with Crippen molar-refractivity contribution >= 4 is 5.91 Å². The van der Waals surface area contributed by atoms with Gasteiger partial charge in [0.15, 0.2) is 0 Å². The molecule has 1 heterocycles. The summed E-state index contributed by atoms with van der Waals surface area (Å²) in [5, 5.41) is 7.40. The molecule has 1 aromatic heterocycles. The number of nitrogens with two attached hydrogens (primary N) is 1. The van der Waals surface area contributed by atoms with Gasteiger partial charge in [-0.2, -0.15) is 5.10 Å². The average molecular weight is 310 g/mol. The van der Waals surface area contributed by atoms with Gasteiger partial charge in [-0.3, -0.25) is 4.79 Å². The van der Waals surface area contributed by atoms with E-state index in [2.05, 4.69) is 10.4 Å². The highest BCUT2D eigenvalue weighted by Crippen LogP contribution is 2.47. The molecule has 2 saturated carbocycles. The molecule has 2 aliphatic carbocycles. The van der Waals surface area contributed by atoms with Gasteiger partial charge in [0, 0.05) is 24.3 Å². The van der Waals surface area contributed by atoms with Gasteiger partial charge in [0.25, 0.3) is 0 Å². The summed E-state index contributed by atoms with van der Waals surface area (Å²) in [7, 11) is 0. The van der Waals surface area contributed by atoms with E-state index in [1.165, 1.54) is 6.42 Å². The number of carbonyl (C=O) groups is 1. The molecular weight excluding hydrogens is 288 g/mol. The van der Waals surface area contributed by atoms with Crippen LogP contribution in [0.4, 0.5) is 0 Å². The Morgan fingerprint density at radius 2 is 2.04 bits per heavy atom. The topological polar surface area (TPSA) is 72.9 Å². The van der Waals surface area contributed by atoms with Gasteiger partial charge in [0.1, 0.15) is 0 Å². The molecule has 23 heavy (non-hydrogen) atoms. The van der Waals surface area contributed by atoms with Crippen LogP contribution in [0, 0.1) is 17.8 Å². The van der Waals surface area contributed by atoms with Gasteiger partial charge < -0.3 is 11.1 Å². The summed E-state index contributed by atoms with van der Waals surface area (Å²) in [5.41, 5.74) is 8.25. The second-order valence-electron chi connectivity index (χ2n) is 6.78. The first-order valence-corrected chi connectivity index (χ1v) is 8.34. The van der Waals surface area contributed by atoms with Crippen LogP contribution in [0.2, 0.25) is 0 Å². The van der Waals surface area contributed by atoms with Crippen LogP contribution >= 0.6 is 0 Å². The summed E-state index contributed by atoms with van der Waals surface area (Å²) < 4.78 is 1.82. The molecule has 3 N–H and O–H groups in total. The molecule has 1 aromatic carbocycles. The molecule has 5 heteroatoms. The quantitative estimate of drug-likeness (QED) is 0.905. The van der Waals surface area contributed by atoms with Crippen LogP contribution < -0.4 is 11.1 Å². The molecule has 4 rings (SSSR count). The minimum atomic E-state index is -0.00193. The van der Waals surface area contributed by atoms with Crippen molar-refractivity contribution in [1.29, 1.82) is 0 Å². The van der Waals surface area contributed by atoms with Crippen LogP contribution in [0.1, 0.15) is 24.8 Å². The van der Waals surface area contributed by atoms with E-state index in [1.54, 1.807) is 6.20 Å².